The van der Waals surface area contributed by atoms with Crippen LogP contribution in [0.2, 0.25) is 0 Å². The molecule has 0 aromatic carbocycles. The van der Waals surface area contributed by atoms with Gasteiger partial charge in [-0.2, -0.15) is 5.10 Å². The van der Waals surface area contributed by atoms with Crippen molar-refractivity contribution < 1.29 is 13.5 Å². The second-order valence-corrected chi connectivity index (χ2v) is 2.98. The van der Waals surface area contributed by atoms with E-state index < -0.39 is 19.1 Å². The van der Waals surface area contributed by atoms with E-state index in [-0.39, 0.29) is 6.54 Å². The standard InChI is InChI=1S/C7H9F2N3O/c8-7(9)3-12-6(13-4-7)1-5(2-10)11-12/h1H,2-4,10H2. The molecule has 0 radical (unpaired) electrons. The normalized spacial score (nSPS) is 19.3. The van der Waals surface area contributed by atoms with Crippen molar-refractivity contribution in [2.75, 3.05) is 6.61 Å². The number of alkyl halides is 2. The third-order valence-electron chi connectivity index (χ3n) is 1.82. The Balaban J connectivity index is 2.30. The van der Waals surface area contributed by atoms with Gasteiger partial charge in [-0.15, -0.1) is 0 Å². The largest absolute Gasteiger partial charge is 0.471 e. The monoisotopic (exact) mass is 189 g/mol. The molecule has 1 aliphatic rings. The predicted octanol–water partition coefficient (Wildman–Crippen LogP) is 0.369. The maximum absolute atomic E-state index is 12.8. The molecule has 4 nitrogen and oxygen atoms in total. The van der Waals surface area contributed by atoms with Crippen LogP contribution in [0.5, 0.6) is 5.88 Å². The van der Waals surface area contributed by atoms with Gasteiger partial charge in [0.15, 0.2) is 6.61 Å². The first-order valence-electron chi connectivity index (χ1n) is 3.88. The zero-order valence-corrected chi connectivity index (χ0v) is 6.83. The highest BCUT2D eigenvalue weighted by molar-refractivity contribution is 5.17. The van der Waals surface area contributed by atoms with Gasteiger partial charge in [0.05, 0.1) is 5.69 Å². The zero-order chi connectivity index (χ0) is 9.47. The van der Waals surface area contributed by atoms with Crippen molar-refractivity contribution in [2.45, 2.75) is 19.0 Å². The summed E-state index contributed by atoms with van der Waals surface area (Å²) < 4.78 is 31.5. The van der Waals surface area contributed by atoms with Gasteiger partial charge in [-0.1, -0.05) is 0 Å². The number of hydrogen-bond donors (Lipinski definition) is 1. The Bertz CT molecular complexity index is 324. The molecule has 0 saturated carbocycles. The molecular weight excluding hydrogens is 180 g/mol. The maximum atomic E-state index is 12.8. The van der Waals surface area contributed by atoms with Crippen molar-refractivity contribution in [3.8, 4) is 5.88 Å². The number of nitrogens with two attached hydrogens (primary N) is 1. The van der Waals surface area contributed by atoms with E-state index in [0.717, 1.165) is 4.68 Å². The third-order valence-corrected chi connectivity index (χ3v) is 1.82. The predicted molar refractivity (Wildman–Crippen MR) is 40.6 cm³/mol. The summed E-state index contributed by atoms with van der Waals surface area (Å²) in [6.07, 6.45) is 0. The summed E-state index contributed by atoms with van der Waals surface area (Å²) in [5.74, 6) is -2.46. The molecule has 0 bridgehead atoms. The highest BCUT2D eigenvalue weighted by Crippen LogP contribution is 2.27. The number of nitrogens with zero attached hydrogens (tertiary/aromatic N) is 2. The van der Waals surface area contributed by atoms with Crippen LogP contribution in [0, 0.1) is 0 Å². The summed E-state index contributed by atoms with van der Waals surface area (Å²) in [4.78, 5) is 0. The number of aromatic nitrogens is 2. The van der Waals surface area contributed by atoms with Gasteiger partial charge >= 0.3 is 5.92 Å². The van der Waals surface area contributed by atoms with E-state index in [1.807, 2.05) is 0 Å². The lowest BCUT2D eigenvalue weighted by Crippen LogP contribution is -2.36. The molecule has 1 aromatic rings. The highest BCUT2D eigenvalue weighted by atomic mass is 19.3. The molecule has 0 amide bonds. The summed E-state index contributed by atoms with van der Waals surface area (Å²) in [6.45, 7) is -0.778. The van der Waals surface area contributed by atoms with E-state index in [2.05, 4.69) is 5.10 Å². The molecular formula is C7H9F2N3O. The molecule has 6 heteroatoms. The number of ether oxygens (including phenoxy) is 1. The van der Waals surface area contributed by atoms with Crippen LogP contribution in [0.1, 0.15) is 5.69 Å². The Morgan fingerprint density at radius 1 is 1.69 bits per heavy atom. The SMILES string of the molecule is NCc1cc2n(n1)CC(F)(F)CO2. The number of rotatable bonds is 1. The Morgan fingerprint density at radius 3 is 3.15 bits per heavy atom. The Labute approximate surface area is 73.3 Å². The van der Waals surface area contributed by atoms with Crippen LogP contribution in [0.25, 0.3) is 0 Å². The van der Waals surface area contributed by atoms with Gasteiger partial charge < -0.3 is 10.5 Å². The first kappa shape index (κ1) is 8.43. The van der Waals surface area contributed by atoms with E-state index in [4.69, 9.17) is 10.5 Å². The first-order valence-corrected chi connectivity index (χ1v) is 3.88. The van der Waals surface area contributed by atoms with Gasteiger partial charge in [0, 0.05) is 12.6 Å². The molecule has 0 aliphatic carbocycles. The smallest absolute Gasteiger partial charge is 0.300 e. The molecule has 1 aliphatic heterocycles. The average molecular weight is 189 g/mol. The van der Waals surface area contributed by atoms with Gasteiger partial charge in [0.2, 0.25) is 5.88 Å². The lowest BCUT2D eigenvalue weighted by molar-refractivity contribution is -0.0795. The molecule has 2 N–H and O–H groups in total. The lowest BCUT2D eigenvalue weighted by Gasteiger charge is -2.23. The van der Waals surface area contributed by atoms with Crippen LogP contribution in [0.4, 0.5) is 8.78 Å². The van der Waals surface area contributed by atoms with Gasteiger partial charge in [-0.25, -0.2) is 13.5 Å². The van der Waals surface area contributed by atoms with Crippen LogP contribution in [-0.4, -0.2) is 22.3 Å². The summed E-state index contributed by atoms with van der Waals surface area (Å²) in [6, 6.07) is 1.58. The second-order valence-electron chi connectivity index (χ2n) is 2.98. The average Bonchev–Trinajstić information content (AvgIpc) is 2.44. The van der Waals surface area contributed by atoms with E-state index >= 15 is 0 Å². The van der Waals surface area contributed by atoms with Crippen molar-refractivity contribution in [1.29, 1.82) is 0 Å². The fourth-order valence-electron chi connectivity index (χ4n) is 1.22. The molecule has 0 unspecified atom stereocenters. The minimum atomic E-state index is -2.83. The Hall–Kier alpha value is -1.17. The van der Waals surface area contributed by atoms with Gasteiger partial charge in [0.1, 0.15) is 6.54 Å². The van der Waals surface area contributed by atoms with Crippen molar-refractivity contribution in [2.24, 2.45) is 5.73 Å². The lowest BCUT2D eigenvalue weighted by atomic mass is 10.3. The maximum Gasteiger partial charge on any atom is 0.300 e. The molecule has 0 spiro atoms. The molecule has 2 heterocycles. The van der Waals surface area contributed by atoms with E-state index in [0.29, 0.717) is 11.6 Å². The van der Waals surface area contributed by atoms with Crippen LogP contribution >= 0.6 is 0 Å². The van der Waals surface area contributed by atoms with Crippen molar-refractivity contribution in [1.82, 2.24) is 9.78 Å². The number of hydrogen-bond acceptors (Lipinski definition) is 3. The number of fused-ring (bicyclic) bond motifs is 1. The van der Waals surface area contributed by atoms with E-state index in [9.17, 15) is 8.78 Å². The third kappa shape index (κ3) is 1.49. The molecule has 72 valence electrons. The summed E-state index contributed by atoms with van der Waals surface area (Å²) in [7, 11) is 0. The fraction of sp³-hybridized carbons (Fsp3) is 0.571. The van der Waals surface area contributed by atoms with E-state index in [1.165, 1.54) is 0 Å². The van der Waals surface area contributed by atoms with Gasteiger partial charge in [0.25, 0.3) is 0 Å². The van der Waals surface area contributed by atoms with Crippen LogP contribution in [-0.2, 0) is 13.1 Å². The molecule has 2 rings (SSSR count). The Morgan fingerprint density at radius 2 is 2.46 bits per heavy atom. The summed E-state index contributed by atoms with van der Waals surface area (Å²) in [5, 5.41) is 3.85. The summed E-state index contributed by atoms with van der Waals surface area (Å²) in [5.41, 5.74) is 5.87. The number of halogens is 2. The quantitative estimate of drug-likeness (QED) is 0.694. The molecule has 13 heavy (non-hydrogen) atoms. The molecule has 0 fully saturated rings. The van der Waals surface area contributed by atoms with Crippen molar-refractivity contribution in [3.05, 3.63) is 11.8 Å². The molecule has 1 aromatic heterocycles. The minimum absolute atomic E-state index is 0.231. The van der Waals surface area contributed by atoms with Crippen LogP contribution in [0.3, 0.4) is 0 Å². The first-order chi connectivity index (χ1) is 6.11. The van der Waals surface area contributed by atoms with Crippen molar-refractivity contribution >= 4 is 0 Å². The van der Waals surface area contributed by atoms with Crippen LogP contribution in [0.15, 0.2) is 6.07 Å². The van der Waals surface area contributed by atoms with Gasteiger partial charge in [-0.05, 0) is 0 Å². The summed E-state index contributed by atoms with van der Waals surface area (Å²) >= 11 is 0. The van der Waals surface area contributed by atoms with Gasteiger partial charge in [-0.3, -0.25) is 0 Å². The van der Waals surface area contributed by atoms with Crippen LogP contribution < -0.4 is 10.5 Å². The second kappa shape index (κ2) is 2.66. The Kier molecular flexibility index (Phi) is 1.73. The highest BCUT2D eigenvalue weighted by Gasteiger charge is 2.36. The topological polar surface area (TPSA) is 53.1 Å². The van der Waals surface area contributed by atoms with Crippen molar-refractivity contribution in [3.63, 3.8) is 0 Å². The molecule has 0 atom stereocenters. The van der Waals surface area contributed by atoms with E-state index in [1.54, 1.807) is 6.07 Å². The zero-order valence-electron chi connectivity index (χ0n) is 6.83. The molecule has 0 saturated heterocycles. The minimum Gasteiger partial charge on any atom is -0.471 e. The fourth-order valence-corrected chi connectivity index (χ4v) is 1.22.